The van der Waals surface area contributed by atoms with Gasteiger partial charge in [-0.2, -0.15) is 0 Å². The molecule has 0 unspecified atom stereocenters. The molecule has 1 aliphatic rings. The Morgan fingerprint density at radius 2 is 2.11 bits per heavy atom. The van der Waals surface area contributed by atoms with Gasteiger partial charge in [-0.25, -0.2) is 0 Å². The minimum absolute atomic E-state index is 0.0336. The summed E-state index contributed by atoms with van der Waals surface area (Å²) in [5.41, 5.74) is 2.77. The molecule has 3 rings (SSSR count). The number of carbonyl (C=O) groups excluding carboxylic acids is 2. The molecule has 2 heterocycles. The molecule has 1 N–H and O–H groups in total. The van der Waals surface area contributed by atoms with Crippen molar-refractivity contribution in [1.82, 2.24) is 0 Å². The van der Waals surface area contributed by atoms with Crippen molar-refractivity contribution in [2.45, 2.75) is 13.3 Å². The van der Waals surface area contributed by atoms with E-state index in [1.807, 2.05) is 0 Å². The van der Waals surface area contributed by atoms with Crippen LogP contribution in [-0.2, 0) is 11.2 Å². The molecule has 1 aromatic heterocycles. The molecule has 0 saturated carbocycles. The average molecular weight is 241 g/mol. The molecule has 2 aromatic rings. The van der Waals surface area contributed by atoms with Gasteiger partial charge in [0.1, 0.15) is 12.0 Å². The Bertz CT molecular complexity index is 655. The van der Waals surface area contributed by atoms with Crippen LogP contribution >= 0.6 is 0 Å². The lowest BCUT2D eigenvalue weighted by Crippen LogP contribution is -2.03. The molecule has 1 aromatic carbocycles. The van der Waals surface area contributed by atoms with Crippen LogP contribution in [0.3, 0.4) is 0 Å². The van der Waals surface area contributed by atoms with Gasteiger partial charge in [-0.1, -0.05) is 0 Å². The van der Waals surface area contributed by atoms with E-state index in [2.05, 4.69) is 5.32 Å². The number of benzene rings is 1. The third-order valence-electron chi connectivity index (χ3n) is 2.99. The second-order valence-corrected chi connectivity index (χ2v) is 4.37. The van der Waals surface area contributed by atoms with Gasteiger partial charge in [0, 0.05) is 11.3 Å². The fourth-order valence-electron chi connectivity index (χ4n) is 2.10. The molecule has 0 bridgehead atoms. The van der Waals surface area contributed by atoms with Gasteiger partial charge in [0.2, 0.25) is 5.91 Å². The van der Waals surface area contributed by atoms with Gasteiger partial charge < -0.3 is 9.73 Å². The summed E-state index contributed by atoms with van der Waals surface area (Å²) in [6.45, 7) is 1.79. The predicted octanol–water partition coefficient (Wildman–Crippen LogP) is 2.31. The smallest absolute Gasteiger partial charge is 0.228 e. The largest absolute Gasteiger partial charge is 0.469 e. The Morgan fingerprint density at radius 1 is 1.28 bits per heavy atom. The summed E-state index contributed by atoms with van der Waals surface area (Å²) < 4.78 is 5.13. The predicted molar refractivity (Wildman–Crippen MR) is 65.7 cm³/mol. The van der Waals surface area contributed by atoms with Crippen molar-refractivity contribution < 1.29 is 14.0 Å². The van der Waals surface area contributed by atoms with Crippen LogP contribution < -0.4 is 5.32 Å². The van der Waals surface area contributed by atoms with Gasteiger partial charge in [0.25, 0.3) is 0 Å². The van der Waals surface area contributed by atoms with Crippen LogP contribution in [0.25, 0.3) is 0 Å². The van der Waals surface area contributed by atoms with Crippen molar-refractivity contribution in [3.63, 3.8) is 0 Å². The number of fused-ring (bicyclic) bond motifs is 1. The van der Waals surface area contributed by atoms with Crippen molar-refractivity contribution in [2.24, 2.45) is 0 Å². The second kappa shape index (κ2) is 3.84. The highest BCUT2D eigenvalue weighted by molar-refractivity contribution is 6.10. The van der Waals surface area contributed by atoms with E-state index in [4.69, 9.17) is 4.42 Å². The summed E-state index contributed by atoms with van der Waals surface area (Å²) in [7, 11) is 0. The quantitative estimate of drug-likeness (QED) is 0.821. The fraction of sp³-hybridized carbons (Fsp3) is 0.143. The molecule has 18 heavy (non-hydrogen) atoms. The molecular weight excluding hydrogens is 230 g/mol. The van der Waals surface area contributed by atoms with Crippen molar-refractivity contribution >= 4 is 17.4 Å². The van der Waals surface area contributed by atoms with Crippen LogP contribution in [0.15, 0.2) is 34.9 Å². The Morgan fingerprint density at radius 3 is 2.83 bits per heavy atom. The second-order valence-electron chi connectivity index (χ2n) is 4.37. The van der Waals surface area contributed by atoms with Crippen LogP contribution in [0.4, 0.5) is 5.69 Å². The number of amides is 1. The van der Waals surface area contributed by atoms with Crippen LogP contribution in [0, 0.1) is 6.92 Å². The minimum atomic E-state index is -0.0889. The molecule has 1 aliphatic heterocycles. The van der Waals surface area contributed by atoms with E-state index >= 15 is 0 Å². The molecule has 0 atom stereocenters. The van der Waals surface area contributed by atoms with E-state index in [1.54, 1.807) is 31.2 Å². The van der Waals surface area contributed by atoms with Crippen LogP contribution in [-0.4, -0.2) is 11.7 Å². The van der Waals surface area contributed by atoms with Gasteiger partial charge in [-0.3, -0.25) is 9.59 Å². The normalized spacial score (nSPS) is 13.3. The number of aryl methyl sites for hydroxylation is 1. The first-order valence-corrected chi connectivity index (χ1v) is 5.66. The average Bonchev–Trinajstić information content (AvgIpc) is 2.92. The molecule has 0 spiro atoms. The highest BCUT2D eigenvalue weighted by Crippen LogP contribution is 2.25. The molecule has 4 heteroatoms. The van der Waals surface area contributed by atoms with E-state index in [0.29, 0.717) is 23.3 Å². The van der Waals surface area contributed by atoms with Gasteiger partial charge in [-0.15, -0.1) is 0 Å². The lowest BCUT2D eigenvalue weighted by atomic mass is 10.0. The zero-order chi connectivity index (χ0) is 12.7. The number of hydrogen-bond donors (Lipinski definition) is 1. The first kappa shape index (κ1) is 10.8. The van der Waals surface area contributed by atoms with Crippen LogP contribution in [0.1, 0.15) is 27.2 Å². The molecular formula is C14H11NO3. The van der Waals surface area contributed by atoms with E-state index < -0.39 is 0 Å². The Labute approximate surface area is 104 Å². The van der Waals surface area contributed by atoms with Gasteiger partial charge in [0.15, 0.2) is 5.78 Å². The van der Waals surface area contributed by atoms with E-state index in [1.165, 1.54) is 6.26 Å². The Hall–Kier alpha value is -2.36. The van der Waals surface area contributed by atoms with Crippen molar-refractivity contribution in [2.75, 3.05) is 5.32 Å². The molecule has 4 nitrogen and oxygen atoms in total. The maximum absolute atomic E-state index is 12.2. The van der Waals surface area contributed by atoms with E-state index in [0.717, 1.165) is 11.3 Å². The van der Waals surface area contributed by atoms with Crippen molar-refractivity contribution in [3.8, 4) is 0 Å². The lowest BCUT2D eigenvalue weighted by Gasteiger charge is -2.01. The molecule has 0 fully saturated rings. The fourth-order valence-corrected chi connectivity index (χ4v) is 2.10. The molecule has 0 aliphatic carbocycles. The zero-order valence-corrected chi connectivity index (χ0v) is 9.82. The third kappa shape index (κ3) is 1.72. The standard InChI is InChI=1S/C14H11NO3/c1-8-4-11(7-18-8)14(17)9-2-3-12-10(5-9)6-13(16)15-12/h2-5,7H,6H2,1H3,(H,15,16). The first-order valence-electron chi connectivity index (χ1n) is 5.66. The van der Waals surface area contributed by atoms with Crippen molar-refractivity contribution in [1.29, 1.82) is 0 Å². The van der Waals surface area contributed by atoms with Crippen LogP contribution in [0.2, 0.25) is 0 Å². The summed E-state index contributed by atoms with van der Waals surface area (Å²) in [5.74, 6) is 0.583. The highest BCUT2D eigenvalue weighted by atomic mass is 16.3. The summed E-state index contributed by atoms with van der Waals surface area (Å²) in [5, 5.41) is 2.74. The summed E-state index contributed by atoms with van der Waals surface area (Å²) in [6.07, 6.45) is 1.79. The number of carbonyl (C=O) groups is 2. The third-order valence-corrected chi connectivity index (χ3v) is 2.99. The number of nitrogens with one attached hydrogen (secondary N) is 1. The molecule has 1 amide bonds. The highest BCUT2D eigenvalue weighted by Gasteiger charge is 2.20. The van der Waals surface area contributed by atoms with Crippen LogP contribution in [0.5, 0.6) is 0 Å². The molecule has 0 radical (unpaired) electrons. The summed E-state index contributed by atoms with van der Waals surface area (Å²) >= 11 is 0. The Kier molecular flexibility index (Phi) is 2.30. The maximum Gasteiger partial charge on any atom is 0.228 e. The monoisotopic (exact) mass is 241 g/mol. The number of anilines is 1. The summed E-state index contributed by atoms with van der Waals surface area (Å²) in [4.78, 5) is 23.4. The number of hydrogen-bond acceptors (Lipinski definition) is 3. The van der Waals surface area contributed by atoms with E-state index in [-0.39, 0.29) is 11.7 Å². The first-order chi connectivity index (χ1) is 8.63. The number of rotatable bonds is 2. The molecule has 90 valence electrons. The van der Waals surface area contributed by atoms with Crippen molar-refractivity contribution in [3.05, 3.63) is 53.0 Å². The van der Waals surface area contributed by atoms with Gasteiger partial charge >= 0.3 is 0 Å². The van der Waals surface area contributed by atoms with Gasteiger partial charge in [-0.05, 0) is 36.8 Å². The SMILES string of the molecule is Cc1cc(C(=O)c2ccc3c(c2)CC(=O)N3)co1. The maximum atomic E-state index is 12.2. The number of furan rings is 1. The summed E-state index contributed by atoms with van der Waals surface area (Å²) in [6, 6.07) is 6.95. The van der Waals surface area contributed by atoms with E-state index in [9.17, 15) is 9.59 Å². The number of ketones is 1. The Balaban J connectivity index is 1.96. The zero-order valence-electron chi connectivity index (χ0n) is 9.82. The molecule has 0 saturated heterocycles. The lowest BCUT2D eigenvalue weighted by molar-refractivity contribution is -0.115. The minimum Gasteiger partial charge on any atom is -0.469 e. The topological polar surface area (TPSA) is 59.3 Å². The van der Waals surface area contributed by atoms with Gasteiger partial charge in [0.05, 0.1) is 12.0 Å².